The largest absolute Gasteiger partial charge is 0.444 e. The van der Waals surface area contributed by atoms with Gasteiger partial charge in [-0.05, 0) is 25.5 Å². The molecular weight excluding hydrogens is 282 g/mol. The van der Waals surface area contributed by atoms with E-state index in [1.54, 1.807) is 12.3 Å². The quantitative estimate of drug-likeness (QED) is 0.870. The highest BCUT2D eigenvalue weighted by atomic mass is 16.4. The van der Waals surface area contributed by atoms with E-state index >= 15 is 0 Å². The number of hydrogen-bond donors (Lipinski definition) is 2. The Balaban J connectivity index is 1.64. The monoisotopic (exact) mass is 303 g/mol. The molecule has 0 aromatic carbocycles. The number of oxazole rings is 1. The summed E-state index contributed by atoms with van der Waals surface area (Å²) in [5, 5.41) is 6.90. The van der Waals surface area contributed by atoms with Crippen LogP contribution in [0.1, 0.15) is 53.5 Å². The number of likely N-dealkylation sites (tertiary alicyclic amines) is 1. The van der Waals surface area contributed by atoms with Crippen molar-refractivity contribution in [1.82, 2.24) is 20.1 Å². The van der Waals surface area contributed by atoms with Crippen LogP contribution in [0.15, 0.2) is 16.7 Å². The van der Waals surface area contributed by atoms with Crippen LogP contribution < -0.4 is 5.73 Å². The standard InChI is InChI=1S/C15H21N5O2/c1-2-11-7-17-14(22-11)9-20-5-3-4-10(8-20)12-6-13(15(16)21)19-18-12/h6-7,10H,2-5,8-9H2,1H3,(H2,16,21)(H,18,19)/t10-/m0/s1. The molecule has 0 saturated carbocycles. The fraction of sp³-hybridized carbons (Fsp3) is 0.533. The molecule has 22 heavy (non-hydrogen) atoms. The summed E-state index contributed by atoms with van der Waals surface area (Å²) in [5.74, 6) is 1.51. The molecule has 1 aliphatic rings. The van der Waals surface area contributed by atoms with Crippen molar-refractivity contribution in [3.63, 3.8) is 0 Å². The number of aromatic nitrogens is 3. The van der Waals surface area contributed by atoms with Crippen LogP contribution in [0.3, 0.4) is 0 Å². The van der Waals surface area contributed by atoms with Crippen LogP contribution in [0.5, 0.6) is 0 Å². The highest BCUT2D eigenvalue weighted by molar-refractivity contribution is 5.90. The Morgan fingerprint density at radius 1 is 1.59 bits per heavy atom. The van der Waals surface area contributed by atoms with Crippen molar-refractivity contribution in [3.05, 3.63) is 35.3 Å². The second kappa shape index (κ2) is 6.31. The first-order chi connectivity index (χ1) is 10.7. The maximum absolute atomic E-state index is 11.1. The maximum atomic E-state index is 11.1. The van der Waals surface area contributed by atoms with E-state index in [9.17, 15) is 4.79 Å². The first-order valence-corrected chi connectivity index (χ1v) is 7.66. The third-order valence-electron chi connectivity index (χ3n) is 4.10. The van der Waals surface area contributed by atoms with Gasteiger partial charge in [-0.2, -0.15) is 5.10 Å². The van der Waals surface area contributed by atoms with Gasteiger partial charge in [-0.25, -0.2) is 4.98 Å². The van der Waals surface area contributed by atoms with E-state index in [-0.39, 0.29) is 0 Å². The highest BCUT2D eigenvalue weighted by Gasteiger charge is 2.24. The number of primary amides is 1. The number of amides is 1. The van der Waals surface area contributed by atoms with Crippen LogP contribution in [0.4, 0.5) is 0 Å². The molecule has 1 amide bonds. The molecule has 0 radical (unpaired) electrons. The normalized spacial score (nSPS) is 19.4. The summed E-state index contributed by atoms with van der Waals surface area (Å²) < 4.78 is 5.68. The lowest BCUT2D eigenvalue weighted by atomic mass is 9.94. The molecule has 1 saturated heterocycles. The number of carbonyl (C=O) groups is 1. The third-order valence-corrected chi connectivity index (χ3v) is 4.10. The summed E-state index contributed by atoms with van der Waals surface area (Å²) in [6.45, 7) is 4.68. The SMILES string of the molecule is CCc1cnc(CN2CCC[C@H](c3cc(C(N)=O)n[nH]3)C2)o1. The van der Waals surface area contributed by atoms with Crippen molar-refractivity contribution >= 4 is 5.91 Å². The average Bonchev–Trinajstić information content (AvgIpc) is 3.16. The van der Waals surface area contributed by atoms with E-state index < -0.39 is 5.91 Å². The van der Waals surface area contributed by atoms with Gasteiger partial charge in [0.15, 0.2) is 0 Å². The fourth-order valence-electron chi connectivity index (χ4n) is 2.90. The number of aromatic amines is 1. The van der Waals surface area contributed by atoms with Crippen LogP contribution >= 0.6 is 0 Å². The summed E-state index contributed by atoms with van der Waals surface area (Å²) >= 11 is 0. The summed E-state index contributed by atoms with van der Waals surface area (Å²) in [7, 11) is 0. The first kappa shape index (κ1) is 14.8. The van der Waals surface area contributed by atoms with Crippen molar-refractivity contribution in [1.29, 1.82) is 0 Å². The molecule has 2 aromatic rings. The summed E-state index contributed by atoms with van der Waals surface area (Å²) in [5.41, 5.74) is 6.52. The van der Waals surface area contributed by atoms with Crippen LogP contribution in [-0.2, 0) is 13.0 Å². The van der Waals surface area contributed by atoms with E-state index in [0.29, 0.717) is 18.2 Å². The highest BCUT2D eigenvalue weighted by Crippen LogP contribution is 2.26. The second-order valence-corrected chi connectivity index (χ2v) is 5.72. The molecule has 3 rings (SSSR count). The zero-order chi connectivity index (χ0) is 15.5. The number of rotatable bonds is 5. The van der Waals surface area contributed by atoms with Crippen molar-refractivity contribution in [2.24, 2.45) is 5.73 Å². The van der Waals surface area contributed by atoms with Crippen molar-refractivity contribution in [2.75, 3.05) is 13.1 Å². The number of nitrogens with one attached hydrogen (secondary N) is 1. The Morgan fingerprint density at radius 3 is 3.14 bits per heavy atom. The van der Waals surface area contributed by atoms with Crippen molar-refractivity contribution < 1.29 is 9.21 Å². The molecule has 1 fully saturated rings. The molecular formula is C15H21N5O2. The predicted molar refractivity (Wildman–Crippen MR) is 80.2 cm³/mol. The summed E-state index contributed by atoms with van der Waals surface area (Å²) in [6, 6.07) is 1.76. The average molecular weight is 303 g/mol. The van der Waals surface area contributed by atoms with Crippen LogP contribution in [0, 0.1) is 0 Å². The maximum Gasteiger partial charge on any atom is 0.269 e. The van der Waals surface area contributed by atoms with Gasteiger partial charge in [-0.3, -0.25) is 14.8 Å². The predicted octanol–water partition coefficient (Wildman–Crippen LogP) is 1.44. The second-order valence-electron chi connectivity index (χ2n) is 5.72. The lowest BCUT2D eigenvalue weighted by Gasteiger charge is -2.31. The van der Waals surface area contributed by atoms with Gasteiger partial charge in [-0.15, -0.1) is 0 Å². The fourth-order valence-corrected chi connectivity index (χ4v) is 2.90. The Morgan fingerprint density at radius 2 is 2.45 bits per heavy atom. The molecule has 0 unspecified atom stereocenters. The van der Waals surface area contributed by atoms with Gasteiger partial charge < -0.3 is 10.2 Å². The smallest absolute Gasteiger partial charge is 0.269 e. The van der Waals surface area contributed by atoms with Gasteiger partial charge in [0.05, 0.1) is 12.7 Å². The Hall–Kier alpha value is -2.15. The Bertz CT molecular complexity index is 648. The zero-order valence-corrected chi connectivity index (χ0v) is 12.7. The van der Waals surface area contributed by atoms with E-state index in [1.165, 1.54) is 0 Å². The van der Waals surface area contributed by atoms with Gasteiger partial charge in [0.1, 0.15) is 11.5 Å². The van der Waals surface area contributed by atoms with Crippen molar-refractivity contribution in [3.8, 4) is 0 Å². The molecule has 118 valence electrons. The third kappa shape index (κ3) is 3.19. The lowest BCUT2D eigenvalue weighted by Crippen LogP contribution is -2.34. The number of piperidine rings is 1. The molecule has 1 atom stereocenters. The summed E-state index contributed by atoms with van der Waals surface area (Å²) in [4.78, 5) is 17.8. The summed E-state index contributed by atoms with van der Waals surface area (Å²) in [6.07, 6.45) is 4.82. The number of nitrogens with zero attached hydrogens (tertiary/aromatic N) is 3. The van der Waals surface area contributed by atoms with Crippen LogP contribution in [-0.4, -0.2) is 39.1 Å². The van der Waals surface area contributed by atoms with Gasteiger partial charge in [0, 0.05) is 24.6 Å². The van der Waals surface area contributed by atoms with Crippen molar-refractivity contribution in [2.45, 2.75) is 38.6 Å². The minimum Gasteiger partial charge on any atom is -0.444 e. The number of carbonyl (C=O) groups excluding carboxylic acids is 1. The van der Waals surface area contributed by atoms with Gasteiger partial charge in [0.2, 0.25) is 5.89 Å². The van der Waals surface area contributed by atoms with E-state index in [4.69, 9.17) is 10.2 Å². The molecule has 3 heterocycles. The first-order valence-electron chi connectivity index (χ1n) is 7.66. The Labute approximate surface area is 128 Å². The number of hydrogen-bond acceptors (Lipinski definition) is 5. The van der Waals surface area contributed by atoms with Crippen LogP contribution in [0.2, 0.25) is 0 Å². The molecule has 0 spiro atoms. The molecule has 0 bridgehead atoms. The molecule has 7 heteroatoms. The molecule has 0 aliphatic carbocycles. The number of nitrogens with two attached hydrogens (primary N) is 1. The van der Waals surface area contributed by atoms with Gasteiger partial charge in [0.25, 0.3) is 5.91 Å². The van der Waals surface area contributed by atoms with E-state index in [1.807, 2.05) is 0 Å². The molecule has 2 aromatic heterocycles. The van der Waals surface area contributed by atoms with Gasteiger partial charge in [-0.1, -0.05) is 6.92 Å². The minimum absolute atomic E-state index is 0.299. The van der Waals surface area contributed by atoms with E-state index in [2.05, 4.69) is 27.0 Å². The van der Waals surface area contributed by atoms with Crippen LogP contribution in [0.25, 0.3) is 0 Å². The number of H-pyrrole nitrogens is 1. The molecule has 3 N–H and O–H groups in total. The lowest BCUT2D eigenvalue weighted by molar-refractivity contribution is 0.0995. The topological polar surface area (TPSA) is 101 Å². The minimum atomic E-state index is -0.498. The number of aryl methyl sites for hydroxylation is 1. The zero-order valence-electron chi connectivity index (χ0n) is 12.7. The van der Waals surface area contributed by atoms with E-state index in [0.717, 1.165) is 49.7 Å². The molecule has 7 nitrogen and oxygen atoms in total. The van der Waals surface area contributed by atoms with Gasteiger partial charge >= 0.3 is 0 Å². The molecule has 1 aliphatic heterocycles. The Kier molecular flexibility index (Phi) is 4.24.